The van der Waals surface area contributed by atoms with Crippen LogP contribution in [0.3, 0.4) is 0 Å². The maximum Gasteiger partial charge on any atom is 0.253 e. The molecule has 1 saturated heterocycles. The van der Waals surface area contributed by atoms with Crippen LogP contribution >= 0.6 is 0 Å². The Hall–Kier alpha value is -3.36. The second-order valence-corrected chi connectivity index (χ2v) is 6.62. The Bertz CT molecular complexity index is 947. The van der Waals surface area contributed by atoms with E-state index >= 15 is 0 Å². The molecule has 3 aromatic rings. The van der Waals surface area contributed by atoms with Gasteiger partial charge in [-0.05, 0) is 47.5 Å². The van der Waals surface area contributed by atoms with Crippen molar-refractivity contribution < 1.29 is 9.59 Å². The Morgan fingerprint density at radius 2 is 2.00 bits per heavy atom. The Kier molecular flexibility index (Phi) is 4.49. The van der Waals surface area contributed by atoms with Crippen LogP contribution in [0.25, 0.3) is 5.69 Å². The Labute approximate surface area is 155 Å². The van der Waals surface area contributed by atoms with Gasteiger partial charge in [0.1, 0.15) is 6.33 Å². The van der Waals surface area contributed by atoms with Gasteiger partial charge in [-0.25, -0.2) is 9.67 Å². The van der Waals surface area contributed by atoms with Crippen LogP contribution < -0.4 is 0 Å². The molecule has 0 saturated carbocycles. The molecular formula is C18H19N7O2. The van der Waals surface area contributed by atoms with Gasteiger partial charge in [0.15, 0.2) is 5.82 Å². The molecule has 0 bridgehead atoms. The van der Waals surface area contributed by atoms with E-state index < -0.39 is 0 Å². The Balaban J connectivity index is 1.47. The molecule has 0 N–H and O–H groups in total. The molecular weight excluding hydrogens is 346 g/mol. The summed E-state index contributed by atoms with van der Waals surface area (Å²) in [5.74, 6) is 0.147. The summed E-state index contributed by atoms with van der Waals surface area (Å²) in [6, 6.07) is 7.10. The summed E-state index contributed by atoms with van der Waals surface area (Å²) in [4.78, 5) is 31.5. The third-order valence-corrected chi connectivity index (χ3v) is 4.85. The number of amides is 1. The van der Waals surface area contributed by atoms with Crippen LogP contribution in [-0.4, -0.2) is 59.4 Å². The predicted octanol–water partition coefficient (Wildman–Crippen LogP) is 1.13. The van der Waals surface area contributed by atoms with Crippen LogP contribution in [0.2, 0.25) is 0 Å². The first-order valence-corrected chi connectivity index (χ1v) is 8.78. The van der Waals surface area contributed by atoms with Crippen molar-refractivity contribution in [1.29, 1.82) is 0 Å². The van der Waals surface area contributed by atoms with E-state index in [1.165, 1.54) is 11.0 Å². The fourth-order valence-corrected chi connectivity index (χ4v) is 3.38. The highest BCUT2D eigenvalue weighted by atomic mass is 16.2. The Morgan fingerprint density at radius 3 is 2.67 bits per heavy atom. The van der Waals surface area contributed by atoms with Gasteiger partial charge < -0.3 is 9.47 Å². The summed E-state index contributed by atoms with van der Waals surface area (Å²) in [7, 11) is 1.80. The summed E-state index contributed by atoms with van der Waals surface area (Å²) in [5.41, 5.74) is 1.36. The van der Waals surface area contributed by atoms with E-state index in [-0.39, 0.29) is 17.6 Å². The number of rotatable bonds is 4. The lowest BCUT2D eigenvalue weighted by atomic mass is 9.93. The highest BCUT2D eigenvalue weighted by Crippen LogP contribution is 2.22. The van der Waals surface area contributed by atoms with E-state index in [1.54, 1.807) is 53.2 Å². The lowest BCUT2D eigenvalue weighted by Crippen LogP contribution is -2.42. The number of Topliss-reactive ketones (excluding diaryl/α,β-unsaturated/α-hetero) is 1. The molecule has 1 aliphatic rings. The van der Waals surface area contributed by atoms with E-state index in [0.29, 0.717) is 24.5 Å². The van der Waals surface area contributed by atoms with Gasteiger partial charge in [0, 0.05) is 44.0 Å². The third-order valence-electron chi connectivity index (χ3n) is 4.85. The standard InChI is InChI=1S/C18H19N7O2/c1-23-10-8-19-17(23)16(26)14-3-2-9-24(11-14)18(27)13-4-6-15(7-5-13)25-12-20-21-22-25/h4-8,10,12,14H,2-3,9,11H2,1H3/t14-/m0/s1. The molecule has 0 unspecified atom stereocenters. The number of nitrogens with zero attached hydrogens (tertiary/aromatic N) is 7. The first-order chi connectivity index (χ1) is 13.1. The number of hydrogen-bond acceptors (Lipinski definition) is 6. The van der Waals surface area contributed by atoms with Gasteiger partial charge in [0.05, 0.1) is 5.69 Å². The molecule has 0 spiro atoms. The maximum atomic E-state index is 12.9. The van der Waals surface area contributed by atoms with Crippen LogP contribution in [-0.2, 0) is 7.05 Å². The largest absolute Gasteiger partial charge is 0.338 e. The molecule has 4 rings (SSSR count). The number of imidazole rings is 1. The molecule has 3 heterocycles. The minimum Gasteiger partial charge on any atom is -0.338 e. The fourth-order valence-electron chi connectivity index (χ4n) is 3.38. The van der Waals surface area contributed by atoms with Gasteiger partial charge in [-0.3, -0.25) is 9.59 Å². The van der Waals surface area contributed by atoms with E-state index in [9.17, 15) is 9.59 Å². The maximum absolute atomic E-state index is 12.9. The number of ketones is 1. The normalized spacial score (nSPS) is 17.1. The number of likely N-dealkylation sites (tertiary alicyclic amines) is 1. The third kappa shape index (κ3) is 3.35. The van der Waals surface area contributed by atoms with Crippen molar-refractivity contribution in [3.63, 3.8) is 0 Å². The number of aromatic nitrogens is 6. The van der Waals surface area contributed by atoms with Gasteiger partial charge in [0.2, 0.25) is 5.78 Å². The van der Waals surface area contributed by atoms with E-state index in [1.807, 2.05) is 0 Å². The quantitative estimate of drug-likeness (QED) is 0.643. The van der Waals surface area contributed by atoms with Gasteiger partial charge in [-0.2, -0.15) is 0 Å². The van der Waals surface area contributed by atoms with Crippen molar-refractivity contribution in [2.45, 2.75) is 12.8 Å². The number of tetrazole rings is 1. The van der Waals surface area contributed by atoms with E-state index in [4.69, 9.17) is 0 Å². The number of aryl methyl sites for hydroxylation is 1. The molecule has 1 aliphatic heterocycles. The summed E-state index contributed by atoms with van der Waals surface area (Å²) in [6.07, 6.45) is 6.44. The highest BCUT2D eigenvalue weighted by Gasteiger charge is 2.31. The minimum absolute atomic E-state index is 0.00553. The molecule has 1 amide bonds. The SMILES string of the molecule is Cn1ccnc1C(=O)[C@H]1CCCN(C(=O)c2ccc(-n3cnnn3)cc2)C1. The van der Waals surface area contributed by atoms with Crippen LogP contribution in [0.4, 0.5) is 0 Å². The lowest BCUT2D eigenvalue weighted by molar-refractivity contribution is 0.0632. The van der Waals surface area contributed by atoms with E-state index in [0.717, 1.165) is 18.5 Å². The number of benzene rings is 1. The summed E-state index contributed by atoms with van der Waals surface area (Å²) < 4.78 is 3.25. The predicted molar refractivity (Wildman–Crippen MR) is 95.3 cm³/mol. The molecule has 9 heteroatoms. The van der Waals surface area contributed by atoms with Crippen molar-refractivity contribution in [2.24, 2.45) is 13.0 Å². The highest BCUT2D eigenvalue weighted by molar-refractivity contribution is 5.97. The molecule has 0 aliphatic carbocycles. The van der Waals surface area contributed by atoms with E-state index in [2.05, 4.69) is 20.5 Å². The topological polar surface area (TPSA) is 98.8 Å². The molecule has 1 atom stereocenters. The summed E-state index contributed by atoms with van der Waals surface area (Å²) in [5, 5.41) is 11.0. The molecule has 2 aromatic heterocycles. The van der Waals surface area contributed by atoms with Crippen molar-refractivity contribution in [3.8, 4) is 5.69 Å². The zero-order valence-electron chi connectivity index (χ0n) is 14.9. The summed E-state index contributed by atoms with van der Waals surface area (Å²) >= 11 is 0. The van der Waals surface area contributed by atoms with Crippen molar-refractivity contribution in [3.05, 3.63) is 54.4 Å². The van der Waals surface area contributed by atoms with Crippen molar-refractivity contribution >= 4 is 11.7 Å². The van der Waals surface area contributed by atoms with Gasteiger partial charge in [-0.1, -0.05) is 0 Å². The Morgan fingerprint density at radius 1 is 1.19 bits per heavy atom. The fraction of sp³-hybridized carbons (Fsp3) is 0.333. The number of carbonyl (C=O) groups excluding carboxylic acids is 2. The van der Waals surface area contributed by atoms with Crippen LogP contribution in [0.5, 0.6) is 0 Å². The molecule has 1 aromatic carbocycles. The number of piperidine rings is 1. The van der Waals surface area contributed by atoms with Gasteiger partial charge >= 0.3 is 0 Å². The molecule has 0 radical (unpaired) electrons. The second-order valence-electron chi connectivity index (χ2n) is 6.62. The van der Waals surface area contributed by atoms with Gasteiger partial charge in [-0.15, -0.1) is 5.10 Å². The molecule has 27 heavy (non-hydrogen) atoms. The second kappa shape index (κ2) is 7.10. The zero-order chi connectivity index (χ0) is 18.8. The molecule has 138 valence electrons. The zero-order valence-corrected chi connectivity index (χ0v) is 14.9. The van der Waals surface area contributed by atoms with Gasteiger partial charge in [0.25, 0.3) is 5.91 Å². The van der Waals surface area contributed by atoms with Crippen LogP contribution in [0.15, 0.2) is 43.0 Å². The lowest BCUT2D eigenvalue weighted by Gasteiger charge is -2.32. The molecule has 1 fully saturated rings. The number of hydrogen-bond donors (Lipinski definition) is 0. The van der Waals surface area contributed by atoms with Crippen LogP contribution in [0.1, 0.15) is 33.8 Å². The van der Waals surface area contributed by atoms with Crippen molar-refractivity contribution in [2.75, 3.05) is 13.1 Å². The van der Waals surface area contributed by atoms with Crippen molar-refractivity contribution in [1.82, 2.24) is 34.7 Å². The average Bonchev–Trinajstić information content (AvgIpc) is 3.39. The first-order valence-electron chi connectivity index (χ1n) is 8.78. The first kappa shape index (κ1) is 17.1. The smallest absolute Gasteiger partial charge is 0.253 e. The number of carbonyl (C=O) groups is 2. The monoisotopic (exact) mass is 365 g/mol. The van der Waals surface area contributed by atoms with Crippen LogP contribution in [0, 0.1) is 5.92 Å². The summed E-state index contributed by atoms with van der Waals surface area (Å²) in [6.45, 7) is 1.07. The minimum atomic E-state index is -0.218. The average molecular weight is 365 g/mol. The molecule has 9 nitrogen and oxygen atoms in total.